The molecule has 3 nitrogen and oxygen atoms in total. The Hall–Kier alpha value is -2.04. The molecule has 1 unspecified atom stereocenters. The largest absolute Gasteiger partial charge is 0.349 e. The number of aromatic nitrogens is 1. The monoisotopic (exact) mass is 370 g/mol. The van der Waals surface area contributed by atoms with Crippen LogP contribution in [-0.4, -0.2) is 16.6 Å². The van der Waals surface area contributed by atoms with Gasteiger partial charge in [-0.05, 0) is 36.2 Å². The molecule has 0 fully saturated rings. The maximum atomic E-state index is 12.4. The van der Waals surface area contributed by atoms with Crippen LogP contribution in [0, 0.1) is 0 Å². The highest BCUT2D eigenvalue weighted by atomic mass is 35.5. The van der Waals surface area contributed by atoms with Crippen molar-refractivity contribution in [3.8, 4) is 0 Å². The summed E-state index contributed by atoms with van der Waals surface area (Å²) in [4.78, 5) is 17.8. The second-order valence-corrected chi connectivity index (χ2v) is 7.15. The van der Waals surface area contributed by atoms with E-state index in [-0.39, 0.29) is 11.9 Å². The fraction of sp³-hybridized carbons (Fsp3) is 0.200. The van der Waals surface area contributed by atoms with Gasteiger partial charge >= 0.3 is 0 Å². The van der Waals surface area contributed by atoms with Gasteiger partial charge in [-0.1, -0.05) is 48.9 Å². The summed E-state index contributed by atoms with van der Waals surface area (Å²) in [6, 6.07) is 17.5. The highest BCUT2D eigenvalue weighted by molar-refractivity contribution is 8.00. The summed E-state index contributed by atoms with van der Waals surface area (Å²) >= 11 is 7.47. The van der Waals surface area contributed by atoms with Crippen LogP contribution >= 0.6 is 23.4 Å². The molecule has 1 aromatic heterocycles. The number of amides is 1. The molecule has 0 radical (unpaired) electrons. The second-order valence-electron chi connectivity index (χ2n) is 5.69. The van der Waals surface area contributed by atoms with Crippen molar-refractivity contribution in [3.05, 3.63) is 71.4 Å². The van der Waals surface area contributed by atoms with Crippen molar-refractivity contribution in [3.63, 3.8) is 0 Å². The lowest BCUT2D eigenvalue weighted by Crippen LogP contribution is -2.29. The van der Waals surface area contributed by atoms with Gasteiger partial charge in [0.1, 0.15) is 0 Å². The Balaban J connectivity index is 1.64. The number of carbonyl (C=O) groups excluding carboxylic acids is 1. The van der Waals surface area contributed by atoms with Crippen LogP contribution in [0.15, 0.2) is 65.7 Å². The first kappa shape index (κ1) is 17.8. The molecule has 3 rings (SSSR count). The summed E-state index contributed by atoms with van der Waals surface area (Å²) in [7, 11) is 0. The van der Waals surface area contributed by atoms with Crippen LogP contribution in [0.3, 0.4) is 0 Å². The Morgan fingerprint density at radius 2 is 1.92 bits per heavy atom. The number of benzene rings is 2. The lowest BCUT2D eigenvalue weighted by atomic mass is 10.0. The van der Waals surface area contributed by atoms with Crippen LogP contribution in [0.2, 0.25) is 5.02 Å². The fourth-order valence-corrected chi connectivity index (χ4v) is 3.67. The molecule has 1 N–H and O–H groups in total. The van der Waals surface area contributed by atoms with E-state index in [9.17, 15) is 4.79 Å². The normalized spacial score (nSPS) is 12.1. The van der Waals surface area contributed by atoms with Crippen molar-refractivity contribution in [2.45, 2.75) is 24.3 Å². The fourth-order valence-electron chi connectivity index (χ4n) is 2.69. The predicted molar refractivity (Wildman–Crippen MR) is 105 cm³/mol. The minimum Gasteiger partial charge on any atom is -0.349 e. The molecular formula is C20H19ClN2OS. The third-order valence-electron chi connectivity index (χ3n) is 3.98. The number of pyridine rings is 1. The van der Waals surface area contributed by atoms with Crippen LogP contribution in [-0.2, 0) is 4.79 Å². The molecule has 3 aromatic rings. The van der Waals surface area contributed by atoms with Gasteiger partial charge in [-0.25, -0.2) is 0 Å². The number of rotatable bonds is 6. The van der Waals surface area contributed by atoms with Gasteiger partial charge in [0, 0.05) is 21.5 Å². The molecule has 0 bridgehead atoms. The number of carbonyl (C=O) groups is 1. The van der Waals surface area contributed by atoms with Crippen LogP contribution in [0.1, 0.15) is 24.9 Å². The lowest BCUT2D eigenvalue weighted by Gasteiger charge is -2.17. The first-order valence-electron chi connectivity index (χ1n) is 8.18. The number of nitrogens with zero attached hydrogens (tertiary/aromatic N) is 1. The van der Waals surface area contributed by atoms with E-state index < -0.39 is 0 Å². The summed E-state index contributed by atoms with van der Waals surface area (Å²) in [6.45, 7) is 2.06. The number of halogens is 1. The molecular weight excluding hydrogens is 352 g/mol. The van der Waals surface area contributed by atoms with Crippen molar-refractivity contribution < 1.29 is 4.79 Å². The predicted octanol–water partition coefficient (Wildman–Crippen LogP) is 5.25. The van der Waals surface area contributed by atoms with Gasteiger partial charge in [0.15, 0.2) is 0 Å². The number of thioether (sulfide) groups is 1. The quantitative estimate of drug-likeness (QED) is 0.602. The van der Waals surface area contributed by atoms with Gasteiger partial charge in [0.05, 0.1) is 17.3 Å². The van der Waals surface area contributed by atoms with E-state index in [1.54, 1.807) is 6.20 Å². The Morgan fingerprint density at radius 3 is 2.68 bits per heavy atom. The number of hydrogen-bond acceptors (Lipinski definition) is 3. The van der Waals surface area contributed by atoms with Crippen molar-refractivity contribution in [2.24, 2.45) is 0 Å². The van der Waals surface area contributed by atoms with Gasteiger partial charge < -0.3 is 5.32 Å². The molecule has 1 amide bonds. The Kier molecular flexibility index (Phi) is 5.95. The van der Waals surface area contributed by atoms with Crippen LogP contribution in [0.5, 0.6) is 0 Å². The van der Waals surface area contributed by atoms with Gasteiger partial charge in [-0.3, -0.25) is 9.78 Å². The maximum absolute atomic E-state index is 12.4. The number of para-hydroxylation sites is 1. The molecule has 0 saturated carbocycles. The zero-order valence-electron chi connectivity index (χ0n) is 13.9. The summed E-state index contributed by atoms with van der Waals surface area (Å²) < 4.78 is 0. The number of nitrogens with one attached hydrogen (secondary N) is 1. The molecule has 128 valence electrons. The molecule has 0 aliphatic carbocycles. The highest BCUT2D eigenvalue weighted by Crippen LogP contribution is 2.26. The third kappa shape index (κ3) is 4.53. The van der Waals surface area contributed by atoms with E-state index in [1.165, 1.54) is 11.8 Å². The molecule has 0 saturated heterocycles. The maximum Gasteiger partial charge on any atom is 0.230 e. The van der Waals surface area contributed by atoms with E-state index in [0.29, 0.717) is 10.8 Å². The summed E-state index contributed by atoms with van der Waals surface area (Å²) in [5.74, 6) is 0.394. The van der Waals surface area contributed by atoms with Crippen molar-refractivity contribution in [2.75, 3.05) is 5.75 Å². The van der Waals surface area contributed by atoms with E-state index in [0.717, 1.165) is 27.8 Å². The second kappa shape index (κ2) is 8.37. The van der Waals surface area contributed by atoms with E-state index in [1.807, 2.05) is 54.6 Å². The minimum absolute atomic E-state index is 0.000416. The van der Waals surface area contributed by atoms with E-state index >= 15 is 0 Å². The number of fused-ring (bicyclic) bond motifs is 1. The standard InChI is InChI=1S/C20H19ClN2OS/c1-2-17(14-7-9-15(21)10-8-14)23-20(24)13-25-19-11-12-22-18-6-4-3-5-16(18)19/h3-12,17H,2,13H2,1H3,(H,23,24). The molecule has 2 aromatic carbocycles. The van der Waals surface area contributed by atoms with Crippen molar-refractivity contribution in [1.82, 2.24) is 10.3 Å². The van der Waals surface area contributed by atoms with Crippen LogP contribution < -0.4 is 5.32 Å². The molecule has 0 aliphatic rings. The molecule has 5 heteroatoms. The lowest BCUT2D eigenvalue weighted by molar-refractivity contribution is -0.119. The highest BCUT2D eigenvalue weighted by Gasteiger charge is 2.13. The summed E-state index contributed by atoms with van der Waals surface area (Å²) in [5, 5.41) is 4.88. The summed E-state index contributed by atoms with van der Waals surface area (Å²) in [6.07, 6.45) is 2.61. The average molecular weight is 371 g/mol. The SMILES string of the molecule is CCC(NC(=O)CSc1ccnc2ccccc12)c1ccc(Cl)cc1. The molecule has 0 aliphatic heterocycles. The van der Waals surface area contributed by atoms with Gasteiger partial charge in [-0.2, -0.15) is 0 Å². The van der Waals surface area contributed by atoms with Crippen LogP contribution in [0.4, 0.5) is 0 Å². The first-order valence-corrected chi connectivity index (χ1v) is 9.55. The van der Waals surface area contributed by atoms with Crippen molar-refractivity contribution in [1.29, 1.82) is 0 Å². The zero-order valence-corrected chi connectivity index (χ0v) is 15.5. The molecule has 0 spiro atoms. The first-order chi connectivity index (χ1) is 12.2. The van der Waals surface area contributed by atoms with E-state index in [2.05, 4.69) is 17.2 Å². The Bertz CT molecular complexity index is 862. The van der Waals surface area contributed by atoms with Gasteiger partial charge in [0.2, 0.25) is 5.91 Å². The molecule has 1 heterocycles. The van der Waals surface area contributed by atoms with E-state index in [4.69, 9.17) is 11.6 Å². The van der Waals surface area contributed by atoms with Crippen LogP contribution in [0.25, 0.3) is 10.9 Å². The minimum atomic E-state index is -0.000416. The Labute approximate surface area is 156 Å². The van der Waals surface area contributed by atoms with Gasteiger partial charge in [0.25, 0.3) is 0 Å². The smallest absolute Gasteiger partial charge is 0.230 e. The third-order valence-corrected chi connectivity index (χ3v) is 5.31. The zero-order chi connectivity index (χ0) is 17.6. The van der Waals surface area contributed by atoms with Gasteiger partial charge in [-0.15, -0.1) is 11.8 Å². The molecule has 25 heavy (non-hydrogen) atoms. The average Bonchev–Trinajstić information content (AvgIpc) is 2.65. The number of hydrogen-bond donors (Lipinski definition) is 1. The summed E-state index contributed by atoms with van der Waals surface area (Å²) in [5.41, 5.74) is 2.01. The Morgan fingerprint density at radius 1 is 1.16 bits per heavy atom. The topological polar surface area (TPSA) is 42.0 Å². The van der Waals surface area contributed by atoms with Crippen molar-refractivity contribution >= 4 is 40.2 Å². The molecule has 1 atom stereocenters.